The minimum atomic E-state index is -0.844. The van der Waals surface area contributed by atoms with E-state index in [4.69, 9.17) is 5.11 Å². The number of nitrogens with zero attached hydrogens (tertiary/aromatic N) is 1. The zero-order valence-electron chi connectivity index (χ0n) is 7.78. The summed E-state index contributed by atoms with van der Waals surface area (Å²) in [6.07, 6.45) is 0. The molecule has 0 aromatic carbocycles. The van der Waals surface area contributed by atoms with E-state index >= 15 is 0 Å². The first-order valence-electron chi connectivity index (χ1n) is 4.25. The van der Waals surface area contributed by atoms with E-state index in [0.29, 0.717) is 4.88 Å². The number of hydrogen-bond donors (Lipinski definition) is 1. The van der Waals surface area contributed by atoms with Crippen LogP contribution in [0.1, 0.15) is 23.5 Å². The molecule has 0 saturated heterocycles. The van der Waals surface area contributed by atoms with Crippen LogP contribution in [0, 0.1) is 0 Å². The maximum absolute atomic E-state index is 10.6. The summed E-state index contributed by atoms with van der Waals surface area (Å²) >= 11 is 1.28. The van der Waals surface area contributed by atoms with Crippen molar-refractivity contribution in [2.24, 2.45) is 0 Å². The highest BCUT2D eigenvalue weighted by molar-refractivity contribution is 7.12. The molecule has 0 aliphatic rings. The molecule has 1 aromatic heterocycles. The molecule has 0 amide bonds. The molecule has 0 radical (unpaired) electrons. The zero-order chi connectivity index (χ0) is 9.84. The van der Waals surface area contributed by atoms with Gasteiger partial charge in [0, 0.05) is 24.2 Å². The topological polar surface area (TPSA) is 40.5 Å². The van der Waals surface area contributed by atoms with Gasteiger partial charge in [0.1, 0.15) is 4.88 Å². The number of rotatable bonds is 4. The molecule has 0 spiro atoms. The van der Waals surface area contributed by atoms with Crippen LogP contribution in [-0.4, -0.2) is 24.2 Å². The number of aromatic carboxylic acids is 1. The van der Waals surface area contributed by atoms with Crippen molar-refractivity contribution in [3.8, 4) is 0 Å². The Kier molecular flexibility index (Phi) is 3.31. The summed E-state index contributed by atoms with van der Waals surface area (Å²) in [5.41, 5.74) is 1.01. The zero-order valence-corrected chi connectivity index (χ0v) is 8.60. The third-order valence-electron chi connectivity index (χ3n) is 1.92. The second-order valence-corrected chi connectivity index (χ2v) is 3.56. The molecule has 1 N–H and O–H groups in total. The normalized spacial score (nSPS) is 10.0. The number of anilines is 1. The van der Waals surface area contributed by atoms with Gasteiger partial charge >= 0.3 is 5.97 Å². The van der Waals surface area contributed by atoms with Crippen molar-refractivity contribution in [1.82, 2.24) is 0 Å². The molecule has 0 bridgehead atoms. The molecule has 1 aromatic rings. The molecule has 0 saturated carbocycles. The summed E-state index contributed by atoms with van der Waals surface area (Å²) in [6, 6.07) is 1.72. The lowest BCUT2D eigenvalue weighted by Crippen LogP contribution is -2.20. The van der Waals surface area contributed by atoms with E-state index < -0.39 is 5.97 Å². The predicted molar refractivity (Wildman–Crippen MR) is 54.8 cm³/mol. The average Bonchev–Trinajstić information content (AvgIpc) is 2.56. The van der Waals surface area contributed by atoms with Crippen molar-refractivity contribution in [3.63, 3.8) is 0 Å². The van der Waals surface area contributed by atoms with Gasteiger partial charge in [0.2, 0.25) is 0 Å². The standard InChI is InChI=1S/C9H13NO2S/c1-3-10(4-2)7-5-8(9(11)12)13-6-7/h5-6H,3-4H2,1-2H3,(H,11,12). The lowest BCUT2D eigenvalue weighted by Gasteiger charge is -2.18. The van der Waals surface area contributed by atoms with Crippen LogP contribution in [0.25, 0.3) is 0 Å². The second-order valence-electron chi connectivity index (χ2n) is 2.65. The molecule has 0 fully saturated rings. The summed E-state index contributed by atoms with van der Waals surface area (Å²) in [7, 11) is 0. The van der Waals surface area contributed by atoms with Crippen molar-refractivity contribution >= 4 is 23.0 Å². The van der Waals surface area contributed by atoms with Crippen molar-refractivity contribution in [3.05, 3.63) is 16.3 Å². The van der Waals surface area contributed by atoms with Crippen LogP contribution in [0.15, 0.2) is 11.4 Å². The quantitative estimate of drug-likeness (QED) is 0.808. The van der Waals surface area contributed by atoms with Crippen molar-refractivity contribution in [2.75, 3.05) is 18.0 Å². The van der Waals surface area contributed by atoms with Crippen LogP contribution in [0.2, 0.25) is 0 Å². The molecule has 0 atom stereocenters. The molecule has 0 aliphatic carbocycles. The van der Waals surface area contributed by atoms with Gasteiger partial charge in [-0.15, -0.1) is 11.3 Å². The predicted octanol–water partition coefficient (Wildman–Crippen LogP) is 2.29. The van der Waals surface area contributed by atoms with Gasteiger partial charge in [-0.05, 0) is 19.9 Å². The molecular formula is C9H13NO2S. The Bertz CT molecular complexity index is 292. The second kappa shape index (κ2) is 4.28. The Morgan fingerprint density at radius 2 is 2.15 bits per heavy atom. The first-order valence-corrected chi connectivity index (χ1v) is 5.13. The van der Waals surface area contributed by atoms with Gasteiger partial charge in [0.05, 0.1) is 0 Å². The van der Waals surface area contributed by atoms with E-state index in [0.717, 1.165) is 18.8 Å². The lowest BCUT2D eigenvalue weighted by atomic mass is 10.3. The van der Waals surface area contributed by atoms with E-state index in [1.807, 2.05) is 5.38 Å². The van der Waals surface area contributed by atoms with E-state index in [2.05, 4.69) is 18.7 Å². The molecule has 0 aliphatic heterocycles. The first kappa shape index (κ1) is 10.1. The molecule has 1 heterocycles. The fraction of sp³-hybridized carbons (Fsp3) is 0.444. The van der Waals surface area contributed by atoms with Crippen LogP contribution in [0.4, 0.5) is 5.69 Å². The van der Waals surface area contributed by atoms with Crippen molar-refractivity contribution in [2.45, 2.75) is 13.8 Å². The number of carboxylic acid groups (broad SMARTS) is 1. The van der Waals surface area contributed by atoms with Crippen molar-refractivity contribution in [1.29, 1.82) is 0 Å². The van der Waals surface area contributed by atoms with E-state index in [9.17, 15) is 4.79 Å². The van der Waals surface area contributed by atoms with E-state index in [1.165, 1.54) is 11.3 Å². The summed E-state index contributed by atoms with van der Waals surface area (Å²) in [5.74, 6) is -0.844. The number of carboxylic acids is 1. The van der Waals surface area contributed by atoms with Crippen LogP contribution >= 0.6 is 11.3 Å². The third-order valence-corrected chi connectivity index (χ3v) is 2.83. The highest BCUT2D eigenvalue weighted by atomic mass is 32.1. The van der Waals surface area contributed by atoms with Crippen LogP contribution in [0.3, 0.4) is 0 Å². The molecule has 1 rings (SSSR count). The Morgan fingerprint density at radius 3 is 2.54 bits per heavy atom. The monoisotopic (exact) mass is 199 g/mol. The first-order chi connectivity index (χ1) is 6.19. The highest BCUT2D eigenvalue weighted by Crippen LogP contribution is 2.22. The average molecular weight is 199 g/mol. The number of carbonyl (C=O) groups is 1. The maximum atomic E-state index is 10.6. The molecular weight excluding hydrogens is 186 g/mol. The van der Waals surface area contributed by atoms with Gasteiger partial charge in [-0.25, -0.2) is 4.79 Å². The van der Waals surface area contributed by atoms with Gasteiger partial charge in [-0.3, -0.25) is 0 Å². The van der Waals surface area contributed by atoms with Gasteiger partial charge in [0.25, 0.3) is 0 Å². The van der Waals surface area contributed by atoms with Crippen LogP contribution in [-0.2, 0) is 0 Å². The van der Waals surface area contributed by atoms with Crippen LogP contribution < -0.4 is 4.90 Å². The molecule has 3 nitrogen and oxygen atoms in total. The molecule has 4 heteroatoms. The SMILES string of the molecule is CCN(CC)c1csc(C(=O)O)c1. The maximum Gasteiger partial charge on any atom is 0.345 e. The Labute approximate surface area is 81.6 Å². The summed E-state index contributed by atoms with van der Waals surface area (Å²) < 4.78 is 0. The van der Waals surface area contributed by atoms with Crippen molar-refractivity contribution < 1.29 is 9.90 Å². The number of thiophene rings is 1. The fourth-order valence-electron chi connectivity index (χ4n) is 1.19. The lowest BCUT2D eigenvalue weighted by molar-refractivity contribution is 0.0702. The summed E-state index contributed by atoms with van der Waals surface area (Å²) in [6.45, 7) is 5.93. The fourth-order valence-corrected chi connectivity index (χ4v) is 1.95. The number of hydrogen-bond acceptors (Lipinski definition) is 3. The Hall–Kier alpha value is -1.03. The Balaban J connectivity index is 2.84. The Morgan fingerprint density at radius 1 is 1.54 bits per heavy atom. The van der Waals surface area contributed by atoms with Gasteiger partial charge in [-0.2, -0.15) is 0 Å². The van der Waals surface area contributed by atoms with Gasteiger partial charge in [-0.1, -0.05) is 0 Å². The molecule has 13 heavy (non-hydrogen) atoms. The molecule has 0 unspecified atom stereocenters. The highest BCUT2D eigenvalue weighted by Gasteiger charge is 2.09. The molecule has 72 valence electrons. The smallest absolute Gasteiger partial charge is 0.345 e. The van der Waals surface area contributed by atoms with Gasteiger partial charge < -0.3 is 10.0 Å². The van der Waals surface area contributed by atoms with E-state index in [1.54, 1.807) is 6.07 Å². The van der Waals surface area contributed by atoms with Gasteiger partial charge in [0.15, 0.2) is 0 Å². The van der Waals surface area contributed by atoms with Crippen LogP contribution in [0.5, 0.6) is 0 Å². The summed E-state index contributed by atoms with van der Waals surface area (Å²) in [5, 5.41) is 10.6. The largest absolute Gasteiger partial charge is 0.477 e. The minimum absolute atomic E-state index is 0.405. The van der Waals surface area contributed by atoms with E-state index in [-0.39, 0.29) is 0 Å². The third kappa shape index (κ3) is 2.21. The summed E-state index contributed by atoms with van der Waals surface area (Å²) in [4.78, 5) is 13.1. The minimum Gasteiger partial charge on any atom is -0.477 e.